The summed E-state index contributed by atoms with van der Waals surface area (Å²) in [5.41, 5.74) is 2.87. The van der Waals surface area contributed by atoms with Crippen molar-refractivity contribution in [2.45, 2.75) is 27.7 Å². The maximum Gasteiger partial charge on any atom is 0.308 e. The SMILES string of the molecule is CC(=O)N(CC(C)C(=O)O)c1ccc(C)cc1C. The van der Waals surface area contributed by atoms with Gasteiger partial charge in [0, 0.05) is 19.2 Å². The molecule has 0 aromatic heterocycles. The lowest BCUT2D eigenvalue weighted by molar-refractivity contribution is -0.140. The quantitative estimate of drug-likeness (QED) is 0.891. The van der Waals surface area contributed by atoms with Gasteiger partial charge in [-0.05, 0) is 25.5 Å². The first-order chi connectivity index (χ1) is 8.32. The molecule has 4 nitrogen and oxygen atoms in total. The Hall–Kier alpha value is -1.84. The molecule has 18 heavy (non-hydrogen) atoms. The van der Waals surface area contributed by atoms with Crippen LogP contribution < -0.4 is 4.90 Å². The fraction of sp³-hybridized carbons (Fsp3) is 0.429. The Morgan fingerprint density at radius 2 is 1.94 bits per heavy atom. The van der Waals surface area contributed by atoms with Crippen LogP contribution in [-0.2, 0) is 9.59 Å². The highest BCUT2D eigenvalue weighted by atomic mass is 16.4. The molecular weight excluding hydrogens is 230 g/mol. The molecule has 0 radical (unpaired) electrons. The van der Waals surface area contributed by atoms with Gasteiger partial charge in [0.15, 0.2) is 0 Å². The minimum Gasteiger partial charge on any atom is -0.481 e. The van der Waals surface area contributed by atoms with E-state index in [1.807, 2.05) is 32.0 Å². The van der Waals surface area contributed by atoms with Crippen LogP contribution in [0, 0.1) is 19.8 Å². The molecule has 4 heteroatoms. The fourth-order valence-electron chi connectivity index (χ4n) is 1.86. The van der Waals surface area contributed by atoms with Gasteiger partial charge < -0.3 is 10.0 Å². The first kappa shape index (κ1) is 14.2. The fourth-order valence-corrected chi connectivity index (χ4v) is 1.86. The number of anilines is 1. The molecule has 0 saturated heterocycles. The van der Waals surface area contributed by atoms with Gasteiger partial charge >= 0.3 is 5.97 Å². The Morgan fingerprint density at radius 3 is 2.39 bits per heavy atom. The number of hydrogen-bond donors (Lipinski definition) is 1. The number of hydrogen-bond acceptors (Lipinski definition) is 2. The first-order valence-corrected chi connectivity index (χ1v) is 5.91. The molecule has 1 aromatic rings. The van der Waals surface area contributed by atoms with Crippen molar-refractivity contribution in [3.8, 4) is 0 Å². The molecule has 1 aromatic carbocycles. The van der Waals surface area contributed by atoms with Crippen LogP contribution in [-0.4, -0.2) is 23.5 Å². The normalized spacial score (nSPS) is 12.0. The minimum atomic E-state index is -0.897. The molecule has 0 fully saturated rings. The number of aryl methyl sites for hydroxylation is 2. The molecule has 0 aliphatic heterocycles. The summed E-state index contributed by atoms with van der Waals surface area (Å²) in [5, 5.41) is 8.94. The minimum absolute atomic E-state index is 0.143. The lowest BCUT2D eigenvalue weighted by atomic mass is 10.1. The van der Waals surface area contributed by atoms with Gasteiger partial charge in [0.2, 0.25) is 5.91 Å². The van der Waals surface area contributed by atoms with Crippen molar-refractivity contribution in [2.75, 3.05) is 11.4 Å². The van der Waals surface area contributed by atoms with Gasteiger partial charge in [-0.15, -0.1) is 0 Å². The largest absolute Gasteiger partial charge is 0.481 e. The summed E-state index contributed by atoms with van der Waals surface area (Å²) < 4.78 is 0. The second kappa shape index (κ2) is 5.67. The maximum atomic E-state index is 11.7. The summed E-state index contributed by atoms with van der Waals surface area (Å²) in [5.74, 6) is -1.63. The Kier molecular flexibility index (Phi) is 4.48. The van der Waals surface area contributed by atoms with Crippen LogP contribution in [0.2, 0.25) is 0 Å². The van der Waals surface area contributed by atoms with Crippen LogP contribution in [0.4, 0.5) is 5.69 Å². The van der Waals surface area contributed by atoms with E-state index in [1.54, 1.807) is 6.92 Å². The van der Waals surface area contributed by atoms with E-state index in [9.17, 15) is 9.59 Å². The highest BCUT2D eigenvalue weighted by Gasteiger charge is 2.20. The topological polar surface area (TPSA) is 57.6 Å². The van der Waals surface area contributed by atoms with Crippen LogP contribution in [0.15, 0.2) is 18.2 Å². The molecular formula is C14H19NO3. The van der Waals surface area contributed by atoms with Crippen molar-refractivity contribution in [3.63, 3.8) is 0 Å². The Labute approximate surface area is 107 Å². The summed E-state index contributed by atoms with van der Waals surface area (Å²) in [6.07, 6.45) is 0. The van der Waals surface area contributed by atoms with Crippen LogP contribution in [0.1, 0.15) is 25.0 Å². The van der Waals surface area contributed by atoms with Gasteiger partial charge in [-0.2, -0.15) is 0 Å². The number of carboxylic acid groups (broad SMARTS) is 1. The predicted octanol–water partition coefficient (Wildman–Crippen LogP) is 2.38. The molecule has 0 saturated carbocycles. The molecule has 1 N–H and O–H groups in total. The van der Waals surface area contributed by atoms with Crippen molar-refractivity contribution >= 4 is 17.6 Å². The Bertz CT molecular complexity index is 468. The average Bonchev–Trinajstić information content (AvgIpc) is 2.26. The molecule has 1 amide bonds. The number of amides is 1. The standard InChI is InChI=1S/C14H19NO3/c1-9-5-6-13(10(2)7-9)15(12(4)16)8-11(3)14(17)18/h5-7,11H,8H2,1-4H3,(H,17,18). The Balaban J connectivity index is 3.05. The lowest BCUT2D eigenvalue weighted by Crippen LogP contribution is -2.35. The monoisotopic (exact) mass is 249 g/mol. The Morgan fingerprint density at radius 1 is 1.33 bits per heavy atom. The molecule has 1 unspecified atom stereocenters. The highest BCUT2D eigenvalue weighted by Crippen LogP contribution is 2.22. The summed E-state index contributed by atoms with van der Waals surface area (Å²) in [6, 6.07) is 5.76. The van der Waals surface area contributed by atoms with E-state index in [2.05, 4.69) is 0 Å². The smallest absolute Gasteiger partial charge is 0.308 e. The molecule has 98 valence electrons. The predicted molar refractivity (Wildman–Crippen MR) is 70.7 cm³/mol. The van der Waals surface area contributed by atoms with E-state index in [0.717, 1.165) is 16.8 Å². The van der Waals surface area contributed by atoms with Gasteiger partial charge in [-0.25, -0.2) is 0 Å². The third kappa shape index (κ3) is 3.32. The van der Waals surface area contributed by atoms with Crippen molar-refractivity contribution in [2.24, 2.45) is 5.92 Å². The number of carbonyl (C=O) groups is 2. The van der Waals surface area contributed by atoms with E-state index >= 15 is 0 Å². The molecule has 0 aliphatic carbocycles. The summed E-state index contributed by atoms with van der Waals surface area (Å²) in [4.78, 5) is 24.1. The van der Waals surface area contributed by atoms with Crippen molar-refractivity contribution in [1.82, 2.24) is 0 Å². The number of rotatable bonds is 4. The highest BCUT2D eigenvalue weighted by molar-refractivity contribution is 5.93. The summed E-state index contributed by atoms with van der Waals surface area (Å²) in [6.45, 7) is 7.14. The van der Waals surface area contributed by atoms with Crippen LogP contribution in [0.25, 0.3) is 0 Å². The third-order valence-corrected chi connectivity index (χ3v) is 2.90. The van der Waals surface area contributed by atoms with Gasteiger partial charge in [-0.3, -0.25) is 9.59 Å². The van der Waals surface area contributed by atoms with Gasteiger partial charge in [0.25, 0.3) is 0 Å². The third-order valence-electron chi connectivity index (χ3n) is 2.90. The van der Waals surface area contributed by atoms with Gasteiger partial charge in [-0.1, -0.05) is 24.6 Å². The summed E-state index contributed by atoms with van der Waals surface area (Å²) in [7, 11) is 0. The molecule has 0 bridgehead atoms. The zero-order valence-electron chi connectivity index (χ0n) is 11.2. The second-order valence-electron chi connectivity index (χ2n) is 4.66. The van der Waals surface area contributed by atoms with Crippen LogP contribution in [0.5, 0.6) is 0 Å². The lowest BCUT2D eigenvalue weighted by Gasteiger charge is -2.25. The van der Waals surface area contributed by atoms with Crippen molar-refractivity contribution < 1.29 is 14.7 Å². The molecule has 0 aliphatic rings. The molecule has 0 spiro atoms. The van der Waals surface area contributed by atoms with Crippen LogP contribution in [0.3, 0.4) is 0 Å². The van der Waals surface area contributed by atoms with Gasteiger partial charge in [0.1, 0.15) is 0 Å². The zero-order chi connectivity index (χ0) is 13.9. The first-order valence-electron chi connectivity index (χ1n) is 5.91. The van der Waals surface area contributed by atoms with E-state index in [0.29, 0.717) is 0 Å². The van der Waals surface area contributed by atoms with Crippen molar-refractivity contribution in [1.29, 1.82) is 0 Å². The number of carboxylic acids is 1. The van der Waals surface area contributed by atoms with Crippen LogP contribution >= 0.6 is 0 Å². The molecule has 1 rings (SSSR count). The van der Waals surface area contributed by atoms with Crippen molar-refractivity contribution in [3.05, 3.63) is 29.3 Å². The van der Waals surface area contributed by atoms with E-state index in [1.165, 1.54) is 11.8 Å². The zero-order valence-corrected chi connectivity index (χ0v) is 11.2. The second-order valence-corrected chi connectivity index (χ2v) is 4.66. The molecule has 1 atom stereocenters. The number of nitrogens with zero attached hydrogens (tertiary/aromatic N) is 1. The maximum absolute atomic E-state index is 11.7. The number of benzene rings is 1. The molecule has 0 heterocycles. The van der Waals surface area contributed by atoms with E-state index in [4.69, 9.17) is 5.11 Å². The number of aliphatic carboxylic acids is 1. The van der Waals surface area contributed by atoms with E-state index in [-0.39, 0.29) is 12.5 Å². The van der Waals surface area contributed by atoms with Gasteiger partial charge in [0.05, 0.1) is 5.92 Å². The van der Waals surface area contributed by atoms with E-state index < -0.39 is 11.9 Å². The average molecular weight is 249 g/mol. The number of carbonyl (C=O) groups excluding carboxylic acids is 1. The summed E-state index contributed by atoms with van der Waals surface area (Å²) >= 11 is 0.